The molecule has 0 aromatic rings. The zero-order valence-electron chi connectivity index (χ0n) is 7.36. The molecule has 0 radical (unpaired) electrons. The van der Waals surface area contributed by atoms with E-state index < -0.39 is 5.97 Å². The van der Waals surface area contributed by atoms with Gasteiger partial charge in [0.15, 0.2) is 0 Å². The smallest absolute Gasteiger partial charge is 0.343 e. The van der Waals surface area contributed by atoms with Crippen molar-refractivity contribution in [1.82, 2.24) is 0 Å². The van der Waals surface area contributed by atoms with E-state index in [9.17, 15) is 4.79 Å². The van der Waals surface area contributed by atoms with Crippen LogP contribution < -0.4 is 0 Å². The first kappa shape index (κ1) is 10.9. The molecule has 72 valence electrons. The van der Waals surface area contributed by atoms with Crippen LogP contribution in [-0.2, 0) is 9.53 Å². The lowest BCUT2D eigenvalue weighted by Gasteiger charge is -2.10. The lowest BCUT2D eigenvalue weighted by Crippen LogP contribution is -2.13. The fourth-order valence-corrected chi connectivity index (χ4v) is 1.13. The summed E-state index contributed by atoms with van der Waals surface area (Å²) in [5.74, 6) is -0.144. The van der Waals surface area contributed by atoms with Crippen molar-refractivity contribution in [2.75, 3.05) is 0 Å². The summed E-state index contributed by atoms with van der Waals surface area (Å²) < 4.78 is 4.99. The average Bonchev–Trinajstić information content (AvgIpc) is 2.20. The Kier molecular flexibility index (Phi) is 3.85. The maximum atomic E-state index is 11.2. The highest BCUT2D eigenvalue weighted by atomic mass is 32.1. The molecule has 0 aliphatic heterocycles. The number of ether oxygens (including phenoxy) is 1. The summed E-state index contributed by atoms with van der Waals surface area (Å²) in [6, 6.07) is 0. The van der Waals surface area contributed by atoms with E-state index in [1.54, 1.807) is 12.2 Å². The number of allylic oxidation sites excluding steroid dienone is 4. The summed E-state index contributed by atoms with van der Waals surface area (Å²) in [6.45, 7) is 3.44. The van der Waals surface area contributed by atoms with Gasteiger partial charge in [-0.25, -0.2) is 4.79 Å². The van der Waals surface area contributed by atoms with E-state index in [0.717, 1.165) is 0 Å². The number of hydrogen-bond acceptors (Lipinski definition) is 4. The fraction of sp³-hybridized carbons (Fsp3) is 0.100. The van der Waals surface area contributed by atoms with E-state index in [0.29, 0.717) is 17.0 Å². The molecule has 0 unspecified atom stereocenters. The molecule has 0 fully saturated rings. The quantitative estimate of drug-likeness (QED) is 0.417. The Bertz CT molecular complexity index is 364. The van der Waals surface area contributed by atoms with Crippen LogP contribution in [0.5, 0.6) is 0 Å². The van der Waals surface area contributed by atoms with Crippen LogP contribution in [0.15, 0.2) is 36.1 Å². The fourth-order valence-electron chi connectivity index (χ4n) is 0.829. The molecule has 4 heteroatoms. The van der Waals surface area contributed by atoms with Crippen molar-refractivity contribution in [3.8, 4) is 0 Å². The molecule has 1 aliphatic rings. The van der Waals surface area contributed by atoms with Crippen LogP contribution in [0.1, 0.15) is 6.42 Å². The van der Waals surface area contributed by atoms with E-state index in [4.69, 9.17) is 17.0 Å². The van der Waals surface area contributed by atoms with Crippen molar-refractivity contribution in [3.63, 3.8) is 0 Å². The SMILES string of the molecule is C=C(C=S)C(=O)OC1=CC=CCC1=S. The highest BCUT2D eigenvalue weighted by Gasteiger charge is 2.13. The summed E-state index contributed by atoms with van der Waals surface area (Å²) >= 11 is 9.56. The van der Waals surface area contributed by atoms with Crippen molar-refractivity contribution in [2.45, 2.75) is 6.42 Å². The maximum absolute atomic E-state index is 11.2. The van der Waals surface area contributed by atoms with E-state index in [2.05, 4.69) is 18.8 Å². The maximum Gasteiger partial charge on any atom is 0.343 e. The predicted molar refractivity (Wildman–Crippen MR) is 63.3 cm³/mol. The van der Waals surface area contributed by atoms with Crippen molar-refractivity contribution in [1.29, 1.82) is 0 Å². The van der Waals surface area contributed by atoms with Crippen LogP contribution in [-0.4, -0.2) is 16.2 Å². The van der Waals surface area contributed by atoms with Gasteiger partial charge in [0.1, 0.15) is 5.76 Å². The minimum absolute atomic E-state index is 0.151. The van der Waals surface area contributed by atoms with E-state index in [-0.39, 0.29) is 5.57 Å². The topological polar surface area (TPSA) is 26.3 Å². The number of carbonyl (C=O) groups is 1. The first-order valence-electron chi connectivity index (χ1n) is 3.91. The first-order chi connectivity index (χ1) is 6.65. The van der Waals surface area contributed by atoms with Gasteiger partial charge in [-0.15, -0.1) is 0 Å². The second-order valence-electron chi connectivity index (χ2n) is 2.62. The molecular formula is C10H8O2S2. The number of carbonyl (C=O) groups excluding carboxylic acids is 1. The third kappa shape index (κ3) is 2.68. The van der Waals surface area contributed by atoms with E-state index >= 15 is 0 Å². The molecule has 0 heterocycles. The Morgan fingerprint density at radius 2 is 2.36 bits per heavy atom. The largest absolute Gasteiger partial charge is 0.422 e. The summed E-state index contributed by atoms with van der Waals surface area (Å²) in [6.07, 6.45) is 5.96. The second-order valence-corrected chi connectivity index (χ2v) is 3.35. The standard InChI is InChI=1S/C10H8O2S2/c1-7(6-13)10(11)12-8-4-2-3-5-9(8)14/h2-4,6H,1,5H2. The zero-order chi connectivity index (χ0) is 10.6. The van der Waals surface area contributed by atoms with E-state index in [1.807, 2.05) is 6.08 Å². The van der Waals surface area contributed by atoms with Crippen LogP contribution in [0, 0.1) is 0 Å². The Hall–Kier alpha value is -1.13. The number of thiocarbonyl (C=S) groups is 2. The summed E-state index contributed by atoms with van der Waals surface area (Å²) in [5, 5.41) is 1.19. The van der Waals surface area contributed by atoms with Crippen LogP contribution in [0.25, 0.3) is 0 Å². The molecular weight excluding hydrogens is 216 g/mol. The van der Waals surface area contributed by atoms with Gasteiger partial charge < -0.3 is 4.74 Å². The van der Waals surface area contributed by atoms with Gasteiger partial charge in [0.05, 0.1) is 10.4 Å². The molecule has 0 atom stereocenters. The molecule has 0 saturated heterocycles. The van der Waals surface area contributed by atoms with Crippen molar-refractivity contribution in [3.05, 3.63) is 36.1 Å². The van der Waals surface area contributed by atoms with Crippen molar-refractivity contribution < 1.29 is 9.53 Å². The Labute approximate surface area is 92.9 Å². The molecule has 0 amide bonds. The predicted octanol–water partition coefficient (Wildman–Crippen LogP) is 2.30. The van der Waals surface area contributed by atoms with Crippen molar-refractivity contribution in [2.24, 2.45) is 0 Å². The minimum Gasteiger partial charge on any atom is -0.422 e. The summed E-state index contributed by atoms with van der Waals surface area (Å²) in [4.78, 5) is 11.9. The highest BCUT2D eigenvalue weighted by molar-refractivity contribution is 7.80. The van der Waals surface area contributed by atoms with Gasteiger partial charge in [-0.3, -0.25) is 0 Å². The van der Waals surface area contributed by atoms with E-state index in [1.165, 1.54) is 5.37 Å². The summed E-state index contributed by atoms with van der Waals surface area (Å²) in [7, 11) is 0. The summed E-state index contributed by atoms with van der Waals surface area (Å²) in [5.41, 5.74) is 0.151. The Balaban J connectivity index is 2.68. The van der Waals surface area contributed by atoms with Crippen molar-refractivity contribution >= 4 is 40.6 Å². The first-order valence-corrected chi connectivity index (χ1v) is 4.79. The lowest BCUT2D eigenvalue weighted by atomic mass is 10.1. The molecule has 0 N–H and O–H groups in total. The van der Waals surface area contributed by atoms with Crippen LogP contribution >= 0.6 is 24.4 Å². The van der Waals surface area contributed by atoms with Gasteiger partial charge in [-0.2, -0.15) is 0 Å². The third-order valence-electron chi connectivity index (χ3n) is 1.57. The monoisotopic (exact) mass is 224 g/mol. The normalized spacial score (nSPS) is 14.6. The van der Waals surface area contributed by atoms with Gasteiger partial charge in [0.2, 0.25) is 0 Å². The number of rotatable bonds is 3. The molecule has 0 bridgehead atoms. The Morgan fingerprint density at radius 3 is 2.93 bits per heavy atom. The van der Waals surface area contributed by atoms with Gasteiger partial charge in [-0.1, -0.05) is 43.2 Å². The highest BCUT2D eigenvalue weighted by Crippen LogP contribution is 2.12. The lowest BCUT2D eigenvalue weighted by molar-refractivity contribution is -0.133. The Morgan fingerprint density at radius 1 is 1.64 bits per heavy atom. The van der Waals surface area contributed by atoms with Gasteiger partial charge >= 0.3 is 5.97 Å². The minimum atomic E-state index is -0.552. The molecule has 0 spiro atoms. The number of esters is 1. The van der Waals surface area contributed by atoms with Gasteiger partial charge in [-0.05, 0) is 6.08 Å². The molecule has 0 aromatic heterocycles. The molecule has 0 aromatic carbocycles. The third-order valence-corrected chi connectivity index (χ3v) is 2.22. The zero-order valence-corrected chi connectivity index (χ0v) is 8.99. The second kappa shape index (κ2) is 4.93. The number of hydrogen-bond donors (Lipinski definition) is 0. The molecule has 14 heavy (non-hydrogen) atoms. The molecule has 1 aliphatic carbocycles. The van der Waals surface area contributed by atoms with Gasteiger partial charge in [0, 0.05) is 11.8 Å². The molecule has 0 saturated carbocycles. The van der Waals surface area contributed by atoms with Crippen LogP contribution in [0.3, 0.4) is 0 Å². The molecule has 2 nitrogen and oxygen atoms in total. The molecule has 1 rings (SSSR count). The van der Waals surface area contributed by atoms with Crippen LogP contribution in [0.2, 0.25) is 0 Å². The van der Waals surface area contributed by atoms with Crippen LogP contribution in [0.4, 0.5) is 0 Å². The van der Waals surface area contributed by atoms with Gasteiger partial charge in [0.25, 0.3) is 0 Å². The average molecular weight is 224 g/mol.